The fourth-order valence-corrected chi connectivity index (χ4v) is 5.71. The van der Waals surface area contributed by atoms with Gasteiger partial charge in [0.25, 0.3) is 10.0 Å². The summed E-state index contributed by atoms with van der Waals surface area (Å²) in [5, 5.41) is 2.97. The molecule has 0 spiro atoms. The molecule has 28 heavy (non-hydrogen) atoms. The van der Waals surface area contributed by atoms with E-state index in [-0.39, 0.29) is 46.4 Å². The Morgan fingerprint density at radius 1 is 1.36 bits per heavy atom. The summed E-state index contributed by atoms with van der Waals surface area (Å²) in [4.78, 5) is 12.0. The highest BCUT2D eigenvalue weighted by Crippen LogP contribution is 2.36. The summed E-state index contributed by atoms with van der Waals surface area (Å²) in [6.07, 6.45) is -3.93. The van der Waals surface area contributed by atoms with Crippen molar-refractivity contribution in [3.8, 4) is 10.6 Å². The molecule has 1 saturated heterocycles. The summed E-state index contributed by atoms with van der Waals surface area (Å²) >= 11 is 0.803. The van der Waals surface area contributed by atoms with E-state index in [9.17, 15) is 26.4 Å². The van der Waals surface area contributed by atoms with E-state index in [1.807, 2.05) is 0 Å². The minimum Gasteiger partial charge on any atom is -0.466 e. The second-order valence-electron chi connectivity index (χ2n) is 6.12. The molecule has 0 atom stereocenters. The lowest BCUT2D eigenvalue weighted by molar-refractivity contribution is -0.149. The summed E-state index contributed by atoms with van der Waals surface area (Å²) in [6, 6.07) is 3.43. The molecule has 0 amide bonds. The largest absolute Gasteiger partial charge is 0.466 e. The minimum atomic E-state index is -4.64. The zero-order valence-corrected chi connectivity index (χ0v) is 16.4. The average molecular weight is 438 g/mol. The maximum absolute atomic E-state index is 12.8. The standard InChI is InChI=1S/C16H17F3N2O5S2/c1-2-25-15(22)10-5-7-21(8-6-10)28(23,24)14-4-3-12(27-14)11-9-13(20-26-11)16(17,18)19/h3-4,9-10H,2,5-8H2,1H3. The molecule has 0 bridgehead atoms. The van der Waals surface area contributed by atoms with Gasteiger partial charge in [-0.3, -0.25) is 4.79 Å². The highest BCUT2D eigenvalue weighted by atomic mass is 32.2. The number of sulfonamides is 1. The van der Waals surface area contributed by atoms with Gasteiger partial charge in [-0.15, -0.1) is 11.3 Å². The zero-order chi connectivity index (χ0) is 20.5. The van der Waals surface area contributed by atoms with Gasteiger partial charge in [-0.05, 0) is 31.9 Å². The van der Waals surface area contributed by atoms with Crippen molar-refractivity contribution in [2.45, 2.75) is 30.2 Å². The third kappa shape index (κ3) is 4.23. The highest BCUT2D eigenvalue weighted by molar-refractivity contribution is 7.91. The molecule has 0 aliphatic carbocycles. The van der Waals surface area contributed by atoms with E-state index >= 15 is 0 Å². The molecule has 3 rings (SSSR count). The molecular formula is C16H17F3N2O5S2. The van der Waals surface area contributed by atoms with Crippen LogP contribution in [-0.4, -0.2) is 43.5 Å². The Morgan fingerprint density at radius 3 is 2.61 bits per heavy atom. The molecule has 7 nitrogen and oxygen atoms in total. The fourth-order valence-electron chi connectivity index (χ4n) is 2.84. The number of aromatic nitrogens is 1. The van der Waals surface area contributed by atoms with Crippen LogP contribution < -0.4 is 0 Å². The lowest BCUT2D eigenvalue weighted by Crippen LogP contribution is -2.40. The van der Waals surface area contributed by atoms with Crippen molar-refractivity contribution in [3.05, 3.63) is 23.9 Å². The topological polar surface area (TPSA) is 89.7 Å². The lowest BCUT2D eigenvalue weighted by Gasteiger charge is -2.29. The Kier molecular flexibility index (Phi) is 5.82. The van der Waals surface area contributed by atoms with Crippen LogP contribution in [0.2, 0.25) is 0 Å². The molecule has 0 unspecified atom stereocenters. The summed E-state index contributed by atoms with van der Waals surface area (Å²) in [5.41, 5.74) is -1.18. The summed E-state index contributed by atoms with van der Waals surface area (Å²) in [7, 11) is -3.82. The van der Waals surface area contributed by atoms with Gasteiger partial charge in [-0.2, -0.15) is 17.5 Å². The van der Waals surface area contributed by atoms with Gasteiger partial charge in [0.15, 0.2) is 11.5 Å². The molecule has 0 aromatic carbocycles. The maximum atomic E-state index is 12.8. The van der Waals surface area contributed by atoms with Gasteiger partial charge in [-0.25, -0.2) is 8.42 Å². The van der Waals surface area contributed by atoms with Gasteiger partial charge >= 0.3 is 12.1 Å². The molecule has 12 heteroatoms. The van der Waals surface area contributed by atoms with Crippen molar-refractivity contribution < 1.29 is 35.6 Å². The summed E-state index contributed by atoms with van der Waals surface area (Å²) in [6.45, 7) is 2.31. The third-order valence-corrected chi connectivity index (χ3v) is 7.76. The van der Waals surface area contributed by atoms with Gasteiger partial charge in [-0.1, -0.05) is 5.16 Å². The van der Waals surface area contributed by atoms with Crippen LogP contribution in [0.25, 0.3) is 10.6 Å². The minimum absolute atomic E-state index is 0.0120. The summed E-state index contributed by atoms with van der Waals surface area (Å²) in [5.74, 6) is -0.816. The van der Waals surface area contributed by atoms with E-state index in [0.717, 1.165) is 17.4 Å². The first kappa shape index (κ1) is 20.8. The molecule has 0 radical (unpaired) electrons. The molecule has 1 fully saturated rings. The fraction of sp³-hybridized carbons (Fsp3) is 0.500. The van der Waals surface area contributed by atoms with Crippen LogP contribution >= 0.6 is 11.3 Å². The van der Waals surface area contributed by atoms with Crippen molar-refractivity contribution in [3.63, 3.8) is 0 Å². The predicted octanol–water partition coefficient (Wildman–Crippen LogP) is 3.39. The van der Waals surface area contributed by atoms with Crippen LogP contribution in [0.3, 0.4) is 0 Å². The number of alkyl halides is 3. The van der Waals surface area contributed by atoms with E-state index in [1.165, 1.54) is 16.4 Å². The molecule has 154 valence electrons. The number of hydrogen-bond acceptors (Lipinski definition) is 7. The molecule has 1 aliphatic rings. The third-order valence-electron chi connectivity index (χ3n) is 4.29. The number of hydrogen-bond donors (Lipinski definition) is 0. The van der Waals surface area contributed by atoms with Crippen LogP contribution in [0.15, 0.2) is 26.9 Å². The van der Waals surface area contributed by atoms with Gasteiger partial charge in [0.2, 0.25) is 0 Å². The van der Waals surface area contributed by atoms with E-state index in [0.29, 0.717) is 12.8 Å². The van der Waals surface area contributed by atoms with Crippen LogP contribution in [0.1, 0.15) is 25.5 Å². The van der Waals surface area contributed by atoms with Gasteiger partial charge in [0, 0.05) is 19.2 Å². The molecule has 2 aromatic heterocycles. The second kappa shape index (κ2) is 7.84. The smallest absolute Gasteiger partial charge is 0.436 e. The van der Waals surface area contributed by atoms with Crippen LogP contribution in [-0.2, 0) is 25.7 Å². The van der Waals surface area contributed by atoms with Crippen molar-refractivity contribution in [2.75, 3.05) is 19.7 Å². The van der Waals surface area contributed by atoms with Gasteiger partial charge in [0.1, 0.15) is 4.21 Å². The number of halogens is 3. The maximum Gasteiger partial charge on any atom is 0.436 e. The lowest BCUT2D eigenvalue weighted by atomic mass is 9.98. The number of carbonyl (C=O) groups is 1. The average Bonchev–Trinajstić information content (AvgIpc) is 3.31. The number of carbonyl (C=O) groups excluding carboxylic acids is 1. The highest BCUT2D eigenvalue weighted by Gasteiger charge is 2.36. The number of ether oxygens (including phenoxy) is 1. The van der Waals surface area contributed by atoms with Crippen molar-refractivity contribution in [2.24, 2.45) is 5.92 Å². The van der Waals surface area contributed by atoms with Crippen LogP contribution in [0.4, 0.5) is 13.2 Å². The van der Waals surface area contributed by atoms with E-state index in [1.54, 1.807) is 6.92 Å². The van der Waals surface area contributed by atoms with Crippen molar-refractivity contribution in [1.82, 2.24) is 9.46 Å². The van der Waals surface area contributed by atoms with Crippen LogP contribution in [0, 0.1) is 5.92 Å². The Hall–Kier alpha value is -1.92. The molecule has 0 N–H and O–H groups in total. The van der Waals surface area contributed by atoms with Crippen LogP contribution in [0.5, 0.6) is 0 Å². The molecular weight excluding hydrogens is 421 g/mol. The first-order valence-electron chi connectivity index (χ1n) is 8.44. The number of piperidine rings is 1. The Labute approximate surface area is 163 Å². The quantitative estimate of drug-likeness (QED) is 0.665. The Bertz CT molecular complexity index is 944. The second-order valence-corrected chi connectivity index (χ2v) is 9.37. The normalized spacial score (nSPS) is 17.0. The van der Waals surface area contributed by atoms with E-state index in [4.69, 9.17) is 9.26 Å². The van der Waals surface area contributed by atoms with Crippen molar-refractivity contribution >= 4 is 27.3 Å². The Balaban J connectivity index is 1.72. The summed E-state index contributed by atoms with van der Waals surface area (Å²) < 4.78 is 74.4. The SMILES string of the molecule is CCOC(=O)C1CCN(S(=O)(=O)c2ccc(-c3cc(C(F)(F)F)no3)s2)CC1. The zero-order valence-electron chi connectivity index (χ0n) is 14.7. The Morgan fingerprint density at radius 2 is 2.04 bits per heavy atom. The number of rotatable bonds is 5. The first-order valence-corrected chi connectivity index (χ1v) is 10.7. The van der Waals surface area contributed by atoms with E-state index in [2.05, 4.69) is 5.16 Å². The molecule has 3 heterocycles. The predicted molar refractivity (Wildman–Crippen MR) is 92.9 cm³/mol. The molecule has 2 aromatic rings. The molecule has 1 aliphatic heterocycles. The number of esters is 1. The van der Waals surface area contributed by atoms with Gasteiger partial charge in [0.05, 0.1) is 17.4 Å². The van der Waals surface area contributed by atoms with Gasteiger partial charge < -0.3 is 9.26 Å². The molecule has 0 saturated carbocycles. The number of nitrogens with zero attached hydrogens (tertiary/aromatic N) is 2. The van der Waals surface area contributed by atoms with Crippen molar-refractivity contribution in [1.29, 1.82) is 0 Å². The first-order chi connectivity index (χ1) is 13.1. The number of thiophene rings is 1. The van der Waals surface area contributed by atoms with E-state index < -0.39 is 21.9 Å². The monoisotopic (exact) mass is 438 g/mol.